The van der Waals surface area contributed by atoms with Gasteiger partial charge in [-0.05, 0) is 39.3 Å². The Balaban J connectivity index is 2.58. The standard InChI is InChI=1S/C19H27N3O6S/c1-14(17(24)20-18(25)21-19(2,3)4)28-16(23)13-22(5)29(26,27)12-11-15-9-7-6-8-10-15/h6-12,14H,13H2,1-5H3,(H2,20,21,24,25)/b12-11+/t14-/m1/s1. The third-order valence-corrected chi connectivity index (χ3v) is 4.90. The van der Waals surface area contributed by atoms with Gasteiger partial charge in [0.15, 0.2) is 6.10 Å². The van der Waals surface area contributed by atoms with E-state index in [2.05, 4.69) is 10.6 Å². The Kier molecular flexibility index (Phi) is 8.53. The maximum absolute atomic E-state index is 12.2. The Morgan fingerprint density at radius 3 is 2.31 bits per heavy atom. The molecule has 0 unspecified atom stereocenters. The summed E-state index contributed by atoms with van der Waals surface area (Å²) in [6.45, 7) is 5.91. The minimum atomic E-state index is -3.86. The van der Waals surface area contributed by atoms with Gasteiger partial charge in [-0.2, -0.15) is 4.31 Å². The molecule has 0 saturated heterocycles. The van der Waals surface area contributed by atoms with Crippen molar-refractivity contribution in [1.29, 1.82) is 0 Å². The van der Waals surface area contributed by atoms with E-state index in [4.69, 9.17) is 4.74 Å². The first-order valence-corrected chi connectivity index (χ1v) is 10.3. The van der Waals surface area contributed by atoms with Crippen LogP contribution in [0.5, 0.6) is 0 Å². The third-order valence-electron chi connectivity index (χ3n) is 3.42. The van der Waals surface area contributed by atoms with E-state index < -0.39 is 46.1 Å². The van der Waals surface area contributed by atoms with Gasteiger partial charge in [-0.15, -0.1) is 0 Å². The topological polar surface area (TPSA) is 122 Å². The molecule has 0 aliphatic rings. The number of sulfonamides is 1. The SMILES string of the molecule is C[C@@H](OC(=O)CN(C)S(=O)(=O)/C=C/c1ccccc1)C(=O)NC(=O)NC(C)(C)C. The maximum Gasteiger partial charge on any atom is 0.322 e. The molecule has 0 fully saturated rings. The van der Waals surface area contributed by atoms with Gasteiger partial charge >= 0.3 is 12.0 Å². The van der Waals surface area contributed by atoms with Gasteiger partial charge < -0.3 is 10.1 Å². The molecular formula is C19H27N3O6S. The molecule has 0 aromatic heterocycles. The zero-order valence-corrected chi connectivity index (χ0v) is 17.9. The summed E-state index contributed by atoms with van der Waals surface area (Å²) >= 11 is 0. The van der Waals surface area contributed by atoms with E-state index in [1.807, 2.05) is 0 Å². The number of hydrogen-bond acceptors (Lipinski definition) is 6. The molecule has 0 bridgehead atoms. The lowest BCUT2D eigenvalue weighted by molar-refractivity contribution is -0.154. The lowest BCUT2D eigenvalue weighted by Gasteiger charge is -2.21. The normalized spacial score (nSPS) is 13.2. The highest BCUT2D eigenvalue weighted by Crippen LogP contribution is 2.07. The summed E-state index contributed by atoms with van der Waals surface area (Å²) in [5.74, 6) is -1.75. The lowest BCUT2D eigenvalue weighted by atomic mass is 10.1. The van der Waals surface area contributed by atoms with Crippen molar-refractivity contribution in [1.82, 2.24) is 14.9 Å². The van der Waals surface area contributed by atoms with E-state index in [1.165, 1.54) is 20.0 Å². The van der Waals surface area contributed by atoms with Gasteiger partial charge in [-0.1, -0.05) is 30.3 Å². The molecule has 29 heavy (non-hydrogen) atoms. The number of esters is 1. The molecule has 1 rings (SSSR count). The van der Waals surface area contributed by atoms with Gasteiger partial charge in [-0.3, -0.25) is 14.9 Å². The molecule has 0 aliphatic heterocycles. The monoisotopic (exact) mass is 425 g/mol. The summed E-state index contributed by atoms with van der Waals surface area (Å²) in [5.41, 5.74) is 0.139. The summed E-state index contributed by atoms with van der Waals surface area (Å²) < 4.78 is 30.2. The molecule has 160 valence electrons. The van der Waals surface area contributed by atoms with Crippen molar-refractivity contribution in [2.24, 2.45) is 0 Å². The molecule has 0 radical (unpaired) electrons. The summed E-state index contributed by atoms with van der Waals surface area (Å²) in [6.07, 6.45) is 0.130. The first-order chi connectivity index (χ1) is 13.3. The largest absolute Gasteiger partial charge is 0.452 e. The second-order valence-electron chi connectivity index (χ2n) is 7.34. The first kappa shape index (κ1) is 24.3. The molecule has 1 aromatic rings. The minimum Gasteiger partial charge on any atom is -0.452 e. The van der Waals surface area contributed by atoms with Crippen molar-refractivity contribution in [3.05, 3.63) is 41.3 Å². The van der Waals surface area contributed by atoms with Crippen LogP contribution in [0.4, 0.5) is 4.79 Å². The second-order valence-corrected chi connectivity index (χ2v) is 9.27. The molecule has 0 saturated carbocycles. The van der Waals surface area contributed by atoms with Gasteiger partial charge in [0.2, 0.25) is 10.0 Å². The number of nitrogens with one attached hydrogen (secondary N) is 2. The summed E-state index contributed by atoms with van der Waals surface area (Å²) in [7, 11) is -2.65. The van der Waals surface area contributed by atoms with Crippen molar-refractivity contribution >= 4 is 34.0 Å². The number of amides is 3. The second kappa shape index (κ2) is 10.2. The molecule has 1 aromatic carbocycles. The van der Waals surface area contributed by atoms with E-state index in [0.29, 0.717) is 5.56 Å². The average Bonchev–Trinajstić information content (AvgIpc) is 2.59. The maximum atomic E-state index is 12.2. The Morgan fingerprint density at radius 1 is 1.17 bits per heavy atom. The van der Waals surface area contributed by atoms with E-state index in [0.717, 1.165) is 9.71 Å². The van der Waals surface area contributed by atoms with Crippen molar-refractivity contribution in [3.63, 3.8) is 0 Å². The molecular weight excluding hydrogens is 398 g/mol. The molecule has 1 atom stereocenters. The molecule has 0 heterocycles. The smallest absolute Gasteiger partial charge is 0.322 e. The number of hydrogen-bond donors (Lipinski definition) is 2. The molecule has 9 nitrogen and oxygen atoms in total. The number of ether oxygens (including phenoxy) is 1. The van der Waals surface area contributed by atoms with E-state index in [1.54, 1.807) is 51.1 Å². The van der Waals surface area contributed by atoms with Crippen molar-refractivity contribution in [2.45, 2.75) is 39.3 Å². The third kappa shape index (κ3) is 9.35. The predicted octanol–water partition coefficient (Wildman–Crippen LogP) is 1.47. The summed E-state index contributed by atoms with van der Waals surface area (Å²) in [6, 6.07) is 8.07. The lowest BCUT2D eigenvalue weighted by Crippen LogP contribution is -2.50. The fourth-order valence-electron chi connectivity index (χ4n) is 1.98. The van der Waals surface area contributed by atoms with Crippen LogP contribution in [0, 0.1) is 0 Å². The number of imide groups is 1. The first-order valence-electron chi connectivity index (χ1n) is 8.82. The van der Waals surface area contributed by atoms with Crippen LogP contribution in [0.15, 0.2) is 35.7 Å². The number of rotatable bonds is 7. The van der Waals surface area contributed by atoms with Crippen molar-refractivity contribution < 1.29 is 27.5 Å². The van der Waals surface area contributed by atoms with Crippen molar-refractivity contribution in [2.75, 3.05) is 13.6 Å². The van der Waals surface area contributed by atoms with Gasteiger partial charge in [0.05, 0.1) is 0 Å². The number of nitrogens with zero attached hydrogens (tertiary/aromatic N) is 1. The highest BCUT2D eigenvalue weighted by molar-refractivity contribution is 7.92. The zero-order chi connectivity index (χ0) is 22.2. The highest BCUT2D eigenvalue weighted by atomic mass is 32.2. The van der Waals surface area contributed by atoms with Crippen molar-refractivity contribution in [3.8, 4) is 0 Å². The molecule has 0 spiro atoms. The quantitative estimate of drug-likeness (QED) is 0.638. The zero-order valence-electron chi connectivity index (χ0n) is 17.1. The number of benzene rings is 1. The predicted molar refractivity (Wildman–Crippen MR) is 109 cm³/mol. The minimum absolute atomic E-state index is 0.547. The Labute approximate surface area is 171 Å². The number of urea groups is 1. The molecule has 3 amide bonds. The van der Waals surface area contributed by atoms with Gasteiger partial charge in [0.1, 0.15) is 6.54 Å². The Bertz CT molecular complexity index is 860. The Hall–Kier alpha value is -2.72. The van der Waals surface area contributed by atoms with Crippen LogP contribution in [0.25, 0.3) is 6.08 Å². The van der Waals surface area contributed by atoms with Crippen LogP contribution in [-0.2, 0) is 24.3 Å². The van der Waals surface area contributed by atoms with Gasteiger partial charge in [0.25, 0.3) is 5.91 Å². The van der Waals surface area contributed by atoms with Crippen LogP contribution >= 0.6 is 0 Å². The average molecular weight is 426 g/mol. The van der Waals surface area contributed by atoms with E-state index in [9.17, 15) is 22.8 Å². The van der Waals surface area contributed by atoms with Gasteiger partial charge in [-0.25, -0.2) is 13.2 Å². The fraction of sp³-hybridized carbons (Fsp3) is 0.421. The highest BCUT2D eigenvalue weighted by Gasteiger charge is 2.24. The molecule has 10 heteroatoms. The fourth-order valence-corrected chi connectivity index (χ4v) is 2.80. The molecule has 0 aliphatic carbocycles. The van der Waals surface area contributed by atoms with Crippen LogP contribution in [0.2, 0.25) is 0 Å². The molecule has 2 N–H and O–H groups in total. The van der Waals surface area contributed by atoms with E-state index >= 15 is 0 Å². The number of carbonyl (C=O) groups excluding carboxylic acids is 3. The van der Waals surface area contributed by atoms with E-state index in [-0.39, 0.29) is 0 Å². The van der Waals surface area contributed by atoms with Crippen LogP contribution in [0.1, 0.15) is 33.3 Å². The number of carbonyl (C=O) groups is 3. The summed E-state index contributed by atoms with van der Waals surface area (Å²) in [4.78, 5) is 35.6. The summed E-state index contributed by atoms with van der Waals surface area (Å²) in [5, 5.41) is 5.56. The van der Waals surface area contributed by atoms with Gasteiger partial charge in [0, 0.05) is 18.0 Å². The van der Waals surface area contributed by atoms with Crippen LogP contribution < -0.4 is 10.6 Å². The van der Waals surface area contributed by atoms with Crippen LogP contribution in [0.3, 0.4) is 0 Å². The Morgan fingerprint density at radius 2 is 1.76 bits per heavy atom. The number of likely N-dealkylation sites (N-methyl/N-ethyl adjacent to an activating group) is 1. The van der Waals surface area contributed by atoms with Crippen LogP contribution in [-0.4, -0.2) is 55.9 Å².